The summed E-state index contributed by atoms with van der Waals surface area (Å²) in [6, 6.07) is 12.3. The molecule has 1 unspecified atom stereocenters. The zero-order valence-electron chi connectivity index (χ0n) is 19.4. The smallest absolute Gasteiger partial charge is 0.290 e. The number of ether oxygens (including phenoxy) is 1. The molecule has 0 radical (unpaired) electrons. The van der Waals surface area contributed by atoms with Crippen LogP contribution in [0.15, 0.2) is 64.3 Å². The van der Waals surface area contributed by atoms with Gasteiger partial charge in [0.25, 0.3) is 5.91 Å². The van der Waals surface area contributed by atoms with Crippen LogP contribution >= 0.6 is 0 Å². The van der Waals surface area contributed by atoms with Crippen LogP contribution < -0.4 is 4.74 Å². The molecule has 8 heteroatoms. The van der Waals surface area contributed by atoms with E-state index in [9.17, 15) is 19.8 Å². The van der Waals surface area contributed by atoms with Gasteiger partial charge in [0.15, 0.2) is 22.9 Å². The van der Waals surface area contributed by atoms with Crippen molar-refractivity contribution in [3.8, 4) is 11.5 Å². The Balaban J connectivity index is 1.76. The molecule has 0 fully saturated rings. The van der Waals surface area contributed by atoms with Crippen molar-refractivity contribution in [2.45, 2.75) is 19.9 Å². The summed E-state index contributed by atoms with van der Waals surface area (Å²) in [7, 11) is 1.51. The molecule has 2 heterocycles. The summed E-state index contributed by atoms with van der Waals surface area (Å²) in [5.41, 5.74) is 0.970. The Morgan fingerprint density at radius 1 is 1.12 bits per heavy atom. The summed E-state index contributed by atoms with van der Waals surface area (Å²) < 4.78 is 11.1. The average molecular weight is 465 g/mol. The lowest BCUT2D eigenvalue weighted by Crippen LogP contribution is -2.38. The number of Topliss-reactive ketones (excluding diaryl/α,β-unsaturated/α-hetero) is 1. The molecular formula is C26H28N2O6. The largest absolute Gasteiger partial charge is 0.508 e. The molecule has 2 N–H and O–H groups in total. The monoisotopic (exact) mass is 464 g/mol. The number of ketones is 1. The van der Waals surface area contributed by atoms with Gasteiger partial charge in [-0.25, -0.2) is 0 Å². The number of aliphatic hydroxyl groups excluding tert-OH is 1. The van der Waals surface area contributed by atoms with Crippen molar-refractivity contribution in [1.29, 1.82) is 0 Å². The Hall–Kier alpha value is -3.78. The molecule has 2 aromatic carbocycles. The number of methoxy groups -OCH3 is 1. The number of carbonyl (C=O) groups is 2. The van der Waals surface area contributed by atoms with Crippen LogP contribution in [0.4, 0.5) is 0 Å². The first-order chi connectivity index (χ1) is 16.4. The summed E-state index contributed by atoms with van der Waals surface area (Å²) in [4.78, 5) is 30.4. The molecule has 1 aromatic heterocycles. The zero-order chi connectivity index (χ0) is 24.4. The second-order valence-electron chi connectivity index (χ2n) is 8.10. The number of benzene rings is 2. The Morgan fingerprint density at radius 3 is 2.47 bits per heavy atom. The molecule has 0 spiro atoms. The molecule has 1 aliphatic heterocycles. The van der Waals surface area contributed by atoms with Crippen molar-refractivity contribution in [3.63, 3.8) is 0 Å². The van der Waals surface area contributed by atoms with E-state index in [0.29, 0.717) is 35.4 Å². The quantitative estimate of drug-likeness (QED) is 0.460. The molecule has 1 aliphatic rings. The first-order valence-electron chi connectivity index (χ1n) is 11.3. The minimum Gasteiger partial charge on any atom is -0.508 e. The molecule has 34 heavy (non-hydrogen) atoms. The standard InChI is InChI=1S/C26H28N2O6/c1-4-27(5-2)13-14-28-22(16-9-11-18(29)12-10-16)21(24(31)26(28)32)23(30)20-15-17-7-6-8-19(33-3)25(17)34-20/h6-12,15,22,29,31H,4-5,13-14H2,1-3H3. The first kappa shape index (κ1) is 23.4. The molecule has 4 rings (SSSR count). The zero-order valence-corrected chi connectivity index (χ0v) is 19.4. The van der Waals surface area contributed by atoms with Crippen LogP contribution in [0.2, 0.25) is 0 Å². The van der Waals surface area contributed by atoms with Crippen LogP contribution in [-0.4, -0.2) is 65.0 Å². The SMILES string of the molecule is CCN(CC)CCN1C(=O)C(O)=C(C(=O)c2cc3cccc(OC)c3o2)C1c1ccc(O)cc1. The number of hydrogen-bond acceptors (Lipinski definition) is 7. The number of rotatable bonds is 9. The van der Waals surface area contributed by atoms with Crippen molar-refractivity contribution in [3.05, 3.63) is 71.2 Å². The Morgan fingerprint density at radius 2 is 1.82 bits per heavy atom. The maximum atomic E-state index is 13.6. The van der Waals surface area contributed by atoms with Crippen LogP contribution in [0.5, 0.6) is 11.5 Å². The van der Waals surface area contributed by atoms with Gasteiger partial charge in [-0.2, -0.15) is 0 Å². The van der Waals surface area contributed by atoms with Gasteiger partial charge < -0.3 is 29.2 Å². The number of nitrogens with zero attached hydrogens (tertiary/aromatic N) is 2. The fourth-order valence-electron chi connectivity index (χ4n) is 4.35. The third-order valence-electron chi connectivity index (χ3n) is 6.26. The number of amides is 1. The normalized spacial score (nSPS) is 16.2. The second-order valence-corrected chi connectivity index (χ2v) is 8.10. The van der Waals surface area contributed by atoms with Crippen LogP contribution in [-0.2, 0) is 4.79 Å². The van der Waals surface area contributed by atoms with Crippen LogP contribution in [0.25, 0.3) is 11.0 Å². The molecule has 178 valence electrons. The molecule has 0 saturated carbocycles. The van der Waals surface area contributed by atoms with Crippen molar-refractivity contribution >= 4 is 22.7 Å². The number of furan rings is 1. The van der Waals surface area contributed by atoms with Crippen molar-refractivity contribution in [1.82, 2.24) is 9.80 Å². The Bertz CT molecular complexity index is 1240. The van der Waals surface area contributed by atoms with Gasteiger partial charge in [-0.15, -0.1) is 0 Å². The molecule has 1 atom stereocenters. The summed E-state index contributed by atoms with van der Waals surface area (Å²) in [6.45, 7) is 6.61. The highest BCUT2D eigenvalue weighted by molar-refractivity contribution is 6.16. The van der Waals surface area contributed by atoms with Gasteiger partial charge in [0, 0.05) is 18.5 Å². The molecule has 3 aromatic rings. The van der Waals surface area contributed by atoms with Gasteiger partial charge in [0.05, 0.1) is 18.7 Å². The van der Waals surface area contributed by atoms with E-state index < -0.39 is 23.5 Å². The lowest BCUT2D eigenvalue weighted by atomic mass is 9.95. The lowest BCUT2D eigenvalue weighted by molar-refractivity contribution is -0.129. The number of likely N-dealkylation sites (N-methyl/N-ethyl adjacent to an activating group) is 1. The number of aliphatic hydroxyl groups is 1. The Kier molecular flexibility index (Phi) is 6.61. The lowest BCUT2D eigenvalue weighted by Gasteiger charge is -2.29. The molecule has 1 amide bonds. The molecule has 8 nitrogen and oxygen atoms in total. The summed E-state index contributed by atoms with van der Waals surface area (Å²) >= 11 is 0. The highest BCUT2D eigenvalue weighted by Gasteiger charge is 2.44. The number of phenolic OH excluding ortho intramolecular Hbond substituents is 1. The minimum atomic E-state index is -0.814. The van der Waals surface area contributed by atoms with E-state index in [4.69, 9.17) is 9.15 Å². The number of hydrogen-bond donors (Lipinski definition) is 2. The highest BCUT2D eigenvalue weighted by Crippen LogP contribution is 2.40. The highest BCUT2D eigenvalue weighted by atomic mass is 16.5. The Labute approximate surface area is 197 Å². The van der Waals surface area contributed by atoms with E-state index in [1.165, 1.54) is 24.1 Å². The predicted octanol–water partition coefficient (Wildman–Crippen LogP) is 4.07. The maximum Gasteiger partial charge on any atom is 0.290 e. The van der Waals surface area contributed by atoms with E-state index >= 15 is 0 Å². The number of fused-ring (bicyclic) bond motifs is 1. The van der Waals surface area contributed by atoms with Crippen LogP contribution in [0.1, 0.15) is 36.0 Å². The van der Waals surface area contributed by atoms with E-state index in [-0.39, 0.29) is 17.1 Å². The number of aromatic hydroxyl groups is 1. The van der Waals surface area contributed by atoms with Gasteiger partial charge in [-0.05, 0) is 42.9 Å². The molecule has 0 saturated heterocycles. The molecule has 0 aliphatic carbocycles. The summed E-state index contributed by atoms with van der Waals surface area (Å²) in [5.74, 6) is -1.23. The van der Waals surface area contributed by atoms with Crippen LogP contribution in [0.3, 0.4) is 0 Å². The average Bonchev–Trinajstić information content (AvgIpc) is 3.39. The fourth-order valence-corrected chi connectivity index (χ4v) is 4.35. The minimum absolute atomic E-state index is 0.00298. The predicted molar refractivity (Wildman–Crippen MR) is 127 cm³/mol. The first-order valence-corrected chi connectivity index (χ1v) is 11.3. The molecule has 0 bridgehead atoms. The summed E-state index contributed by atoms with van der Waals surface area (Å²) in [5, 5.41) is 21.3. The van der Waals surface area contributed by atoms with Crippen molar-refractivity contribution in [2.75, 3.05) is 33.3 Å². The van der Waals surface area contributed by atoms with E-state index in [1.807, 2.05) is 13.8 Å². The summed E-state index contributed by atoms with van der Waals surface area (Å²) in [6.07, 6.45) is 0. The third kappa shape index (κ3) is 4.12. The van der Waals surface area contributed by atoms with Crippen molar-refractivity contribution in [2.24, 2.45) is 0 Å². The second kappa shape index (κ2) is 9.61. The van der Waals surface area contributed by atoms with Gasteiger partial charge >= 0.3 is 0 Å². The number of carbonyl (C=O) groups excluding carboxylic acids is 2. The topological polar surface area (TPSA) is 103 Å². The van der Waals surface area contributed by atoms with E-state index in [0.717, 1.165) is 13.1 Å². The third-order valence-corrected chi connectivity index (χ3v) is 6.26. The van der Waals surface area contributed by atoms with Gasteiger partial charge in [0.1, 0.15) is 5.75 Å². The number of para-hydroxylation sites is 1. The van der Waals surface area contributed by atoms with E-state index in [2.05, 4.69) is 4.90 Å². The van der Waals surface area contributed by atoms with E-state index in [1.54, 1.807) is 36.4 Å². The molecular weight excluding hydrogens is 436 g/mol. The van der Waals surface area contributed by atoms with Crippen LogP contribution in [0, 0.1) is 0 Å². The van der Waals surface area contributed by atoms with Gasteiger partial charge in [0.2, 0.25) is 5.78 Å². The number of phenols is 1. The van der Waals surface area contributed by atoms with Crippen molar-refractivity contribution < 1.29 is 29.0 Å². The fraction of sp³-hybridized carbons (Fsp3) is 0.308. The maximum absolute atomic E-state index is 13.6. The van der Waals surface area contributed by atoms with Gasteiger partial charge in [-0.3, -0.25) is 9.59 Å². The van der Waals surface area contributed by atoms with Gasteiger partial charge in [-0.1, -0.05) is 38.1 Å².